The highest BCUT2D eigenvalue weighted by Crippen LogP contribution is 2.68. The molecule has 4 rings (SSSR count). The van der Waals surface area contributed by atoms with E-state index in [9.17, 15) is 9.00 Å². The summed E-state index contributed by atoms with van der Waals surface area (Å²) < 4.78 is 19.9. The summed E-state index contributed by atoms with van der Waals surface area (Å²) >= 11 is 0. The van der Waals surface area contributed by atoms with E-state index in [-0.39, 0.29) is 23.0 Å². The van der Waals surface area contributed by atoms with E-state index in [1.807, 2.05) is 18.2 Å². The van der Waals surface area contributed by atoms with Crippen molar-refractivity contribution in [3.8, 4) is 0 Å². The Morgan fingerprint density at radius 1 is 1.24 bits per heavy atom. The zero-order valence-electron chi connectivity index (χ0n) is 14.9. The third kappa shape index (κ3) is 2.57. The van der Waals surface area contributed by atoms with Gasteiger partial charge in [-0.15, -0.1) is 0 Å². The van der Waals surface area contributed by atoms with E-state index in [2.05, 4.69) is 26.0 Å². The zero-order chi connectivity index (χ0) is 17.7. The fourth-order valence-electron chi connectivity index (χ4n) is 5.46. The number of rotatable bonds is 2. The molecule has 134 valence electrons. The van der Waals surface area contributed by atoms with Crippen LogP contribution in [-0.4, -0.2) is 22.4 Å². The fraction of sp³-hybridized carbons (Fsp3) is 0.571. The topological polar surface area (TPSA) is 43.4 Å². The lowest BCUT2D eigenvalue weighted by atomic mass is 9.69. The largest absolute Gasteiger partial charge is 0.369 e. The van der Waals surface area contributed by atoms with Gasteiger partial charge in [0.2, 0.25) is 0 Å². The number of ether oxygens (including phenoxy) is 1. The van der Waals surface area contributed by atoms with E-state index >= 15 is 0 Å². The van der Waals surface area contributed by atoms with Crippen molar-refractivity contribution in [2.45, 2.75) is 51.7 Å². The van der Waals surface area contributed by atoms with Crippen molar-refractivity contribution in [2.75, 3.05) is 5.75 Å². The molecule has 1 aromatic rings. The molecule has 5 atom stereocenters. The minimum Gasteiger partial charge on any atom is -0.369 e. The molecule has 1 heterocycles. The summed E-state index contributed by atoms with van der Waals surface area (Å²) in [6, 6.07) is 10.2. The number of allylic oxidation sites excluding steroid dienone is 1. The highest BCUT2D eigenvalue weighted by atomic mass is 32.2. The molecule has 2 aliphatic carbocycles. The summed E-state index contributed by atoms with van der Waals surface area (Å²) in [6.45, 7) is 4.65. The third-order valence-corrected chi connectivity index (χ3v) is 8.84. The van der Waals surface area contributed by atoms with Gasteiger partial charge in [-0.1, -0.05) is 44.2 Å². The summed E-state index contributed by atoms with van der Waals surface area (Å²) in [4.78, 5) is 11.8. The van der Waals surface area contributed by atoms with Gasteiger partial charge in [-0.05, 0) is 42.2 Å². The monoisotopic (exact) mass is 358 g/mol. The number of carbonyl (C=O) groups is 1. The maximum absolute atomic E-state index is 13.2. The minimum absolute atomic E-state index is 0.0437. The Bertz CT molecular complexity index is 724. The van der Waals surface area contributed by atoms with Gasteiger partial charge in [0.25, 0.3) is 0 Å². The predicted octanol–water partition coefficient (Wildman–Crippen LogP) is 4.17. The summed E-state index contributed by atoms with van der Waals surface area (Å²) in [5, 5.41) is 0. The van der Waals surface area contributed by atoms with Crippen molar-refractivity contribution in [2.24, 2.45) is 16.7 Å². The van der Waals surface area contributed by atoms with Crippen LogP contribution in [0, 0.1) is 16.7 Å². The summed E-state index contributed by atoms with van der Waals surface area (Å²) in [5.74, 6) is 1.27. The molecular formula is C21H26O3S. The van der Waals surface area contributed by atoms with Gasteiger partial charge in [0.1, 0.15) is 6.29 Å². The van der Waals surface area contributed by atoms with Gasteiger partial charge in [-0.2, -0.15) is 0 Å². The van der Waals surface area contributed by atoms with Gasteiger partial charge in [0.05, 0.1) is 12.2 Å². The van der Waals surface area contributed by atoms with Gasteiger partial charge in [-0.3, -0.25) is 9.00 Å². The lowest BCUT2D eigenvalue weighted by Crippen LogP contribution is -2.46. The van der Waals surface area contributed by atoms with Gasteiger partial charge < -0.3 is 4.74 Å². The molecule has 1 spiro atoms. The van der Waals surface area contributed by atoms with Crippen LogP contribution in [0.4, 0.5) is 0 Å². The van der Waals surface area contributed by atoms with Gasteiger partial charge in [0, 0.05) is 33.3 Å². The molecule has 2 bridgehead atoms. The van der Waals surface area contributed by atoms with E-state index in [4.69, 9.17) is 4.74 Å². The second kappa shape index (κ2) is 6.17. The number of carbonyl (C=O) groups excluding carboxylic acids is 1. The normalized spacial score (nSPS) is 41.1. The summed E-state index contributed by atoms with van der Waals surface area (Å²) in [5.41, 5.74) is 1.20. The quantitative estimate of drug-likeness (QED) is 0.588. The van der Waals surface area contributed by atoms with Crippen LogP contribution >= 0.6 is 0 Å². The molecule has 0 aromatic heterocycles. The van der Waals surface area contributed by atoms with Crippen molar-refractivity contribution in [1.29, 1.82) is 0 Å². The van der Waals surface area contributed by atoms with E-state index < -0.39 is 10.8 Å². The number of benzene rings is 1. The first-order valence-electron chi connectivity index (χ1n) is 9.21. The second-order valence-corrected chi connectivity index (χ2v) is 9.84. The minimum atomic E-state index is -1.12. The average Bonchev–Trinajstić information content (AvgIpc) is 2.95. The van der Waals surface area contributed by atoms with Crippen molar-refractivity contribution in [1.82, 2.24) is 0 Å². The number of fused-ring (bicyclic) bond motifs is 1. The van der Waals surface area contributed by atoms with Crippen molar-refractivity contribution in [3.05, 3.63) is 46.9 Å². The highest BCUT2D eigenvalue weighted by Gasteiger charge is 2.65. The molecule has 0 N–H and O–H groups in total. The Hall–Kier alpha value is -1.26. The molecule has 25 heavy (non-hydrogen) atoms. The molecule has 1 unspecified atom stereocenters. The Morgan fingerprint density at radius 2 is 2.00 bits per heavy atom. The van der Waals surface area contributed by atoms with Crippen LogP contribution in [0.25, 0.3) is 0 Å². The van der Waals surface area contributed by atoms with Crippen molar-refractivity contribution < 1.29 is 13.7 Å². The molecule has 1 saturated heterocycles. The zero-order valence-corrected chi connectivity index (χ0v) is 15.8. The molecule has 3 nitrogen and oxygen atoms in total. The van der Waals surface area contributed by atoms with Crippen LogP contribution in [0.15, 0.2) is 41.3 Å². The van der Waals surface area contributed by atoms with Gasteiger partial charge in [-0.25, -0.2) is 0 Å². The standard InChI is InChI=1S/C21H26O3S/c1-20(2)16-8-10-21(20)14-25(23)17(9-11-22)13-18(24-19(21)12-16)15-6-4-3-5-7-15/h3-7,9,11,16,18-19H,8,10,12-14H2,1-2H3/b17-9+/t16-,18-,19-,21-,25?/m1/s1. The van der Waals surface area contributed by atoms with Crippen LogP contribution < -0.4 is 0 Å². The predicted molar refractivity (Wildman–Crippen MR) is 99.4 cm³/mol. The van der Waals surface area contributed by atoms with E-state index in [0.29, 0.717) is 18.1 Å². The van der Waals surface area contributed by atoms with Gasteiger partial charge in [0.15, 0.2) is 0 Å². The van der Waals surface area contributed by atoms with Crippen molar-refractivity contribution >= 4 is 17.1 Å². The number of aldehydes is 1. The molecule has 3 fully saturated rings. The first-order chi connectivity index (χ1) is 12.0. The molecule has 0 radical (unpaired) electrons. The SMILES string of the molecule is CC1(C)[C@@H]2CC[C@]13CS(=O)/C(=C/C=O)C[C@H](c1ccccc1)O[C@@H]3C2. The molecule has 0 amide bonds. The Balaban J connectivity index is 1.77. The third-order valence-electron chi connectivity index (χ3n) is 7.18. The maximum atomic E-state index is 13.2. The van der Waals surface area contributed by atoms with Crippen LogP contribution in [0.1, 0.15) is 51.2 Å². The lowest BCUT2D eigenvalue weighted by Gasteiger charge is -2.45. The van der Waals surface area contributed by atoms with Crippen LogP contribution in [-0.2, 0) is 20.3 Å². The first kappa shape index (κ1) is 17.2. The first-order valence-corrected chi connectivity index (χ1v) is 10.5. The summed E-state index contributed by atoms with van der Waals surface area (Å²) in [6.07, 6.45) is 6.18. The van der Waals surface area contributed by atoms with Crippen molar-refractivity contribution in [3.63, 3.8) is 0 Å². The lowest BCUT2D eigenvalue weighted by molar-refractivity contribution is -0.104. The fourth-order valence-corrected chi connectivity index (χ4v) is 7.36. The second-order valence-electron chi connectivity index (χ2n) is 8.34. The summed E-state index contributed by atoms with van der Waals surface area (Å²) in [7, 11) is -1.12. The molecule has 1 aromatic carbocycles. The van der Waals surface area contributed by atoms with Gasteiger partial charge >= 0.3 is 0 Å². The smallest absolute Gasteiger partial charge is 0.143 e. The highest BCUT2D eigenvalue weighted by molar-refractivity contribution is 7.89. The number of hydrogen-bond acceptors (Lipinski definition) is 3. The number of hydrogen-bond donors (Lipinski definition) is 0. The molecule has 4 heteroatoms. The maximum Gasteiger partial charge on any atom is 0.143 e. The Morgan fingerprint density at radius 3 is 2.68 bits per heavy atom. The van der Waals surface area contributed by atoms with E-state index in [1.165, 1.54) is 12.5 Å². The molecule has 2 saturated carbocycles. The van der Waals surface area contributed by atoms with Crippen LogP contribution in [0.2, 0.25) is 0 Å². The molecule has 3 aliphatic rings. The van der Waals surface area contributed by atoms with Crippen LogP contribution in [0.3, 0.4) is 0 Å². The van der Waals surface area contributed by atoms with Crippen LogP contribution in [0.5, 0.6) is 0 Å². The Labute approximate surface area is 152 Å². The molecule has 1 aliphatic heterocycles. The average molecular weight is 359 g/mol. The Kier molecular flexibility index (Phi) is 4.24. The molecular weight excluding hydrogens is 332 g/mol. The van der Waals surface area contributed by atoms with E-state index in [0.717, 1.165) is 29.6 Å². The van der Waals surface area contributed by atoms with E-state index in [1.54, 1.807) is 0 Å².